The normalized spacial score (nSPS) is 16.1. The highest BCUT2D eigenvalue weighted by molar-refractivity contribution is 6.16. The second-order valence-electron chi connectivity index (χ2n) is 15.6. The molecule has 8 aromatic carbocycles. The molecule has 4 nitrogen and oxygen atoms in total. The second kappa shape index (κ2) is 12.0. The summed E-state index contributed by atoms with van der Waals surface area (Å²) in [6.45, 7) is 0. The molecule has 0 saturated carbocycles. The zero-order valence-corrected chi connectivity index (χ0v) is 31.1. The van der Waals surface area contributed by atoms with Gasteiger partial charge in [-0.25, -0.2) is 0 Å². The predicted molar refractivity (Wildman–Crippen MR) is 235 cm³/mol. The second-order valence-corrected chi connectivity index (χ2v) is 15.6. The van der Waals surface area contributed by atoms with E-state index in [1.54, 1.807) is 0 Å². The molecular formula is C54H32O4. The first-order chi connectivity index (χ1) is 28.7. The van der Waals surface area contributed by atoms with Crippen molar-refractivity contribution in [2.24, 2.45) is 0 Å². The molecule has 272 valence electrons. The Morgan fingerprint density at radius 3 is 1.34 bits per heavy atom. The van der Waals surface area contributed by atoms with Crippen molar-refractivity contribution in [1.29, 1.82) is 0 Å². The molecule has 13 rings (SSSR count). The number of furan rings is 3. The Morgan fingerprint density at radius 1 is 0.345 bits per heavy atom. The van der Waals surface area contributed by atoms with Crippen LogP contribution in [0.4, 0.5) is 0 Å². The molecule has 0 spiro atoms. The Kier molecular flexibility index (Phi) is 6.53. The molecule has 11 aromatic rings. The number of ether oxygens (including phenoxy) is 1. The lowest BCUT2D eigenvalue weighted by Crippen LogP contribution is -2.16. The van der Waals surface area contributed by atoms with Crippen LogP contribution >= 0.6 is 0 Å². The number of rotatable bonds is 4. The van der Waals surface area contributed by atoms with E-state index in [1.807, 2.05) is 18.2 Å². The van der Waals surface area contributed by atoms with Crippen LogP contribution in [-0.2, 0) is 0 Å². The van der Waals surface area contributed by atoms with Crippen LogP contribution in [0.3, 0.4) is 0 Å². The summed E-state index contributed by atoms with van der Waals surface area (Å²) in [6.07, 6.45) is 6.71. The van der Waals surface area contributed by atoms with E-state index in [-0.39, 0.29) is 12.0 Å². The number of hydrogen-bond acceptors (Lipinski definition) is 4. The third-order valence-electron chi connectivity index (χ3n) is 12.2. The van der Waals surface area contributed by atoms with Crippen molar-refractivity contribution in [3.8, 4) is 39.1 Å². The van der Waals surface area contributed by atoms with Crippen LogP contribution in [0.15, 0.2) is 195 Å². The third kappa shape index (κ3) is 4.82. The minimum absolute atomic E-state index is 0.0423. The topological polar surface area (TPSA) is 48.7 Å². The number of fused-ring (bicyclic) bond motifs is 12. The van der Waals surface area contributed by atoms with Gasteiger partial charge in [0.1, 0.15) is 45.4 Å². The van der Waals surface area contributed by atoms with Gasteiger partial charge in [0.15, 0.2) is 0 Å². The molecule has 4 heteroatoms. The molecule has 1 aliphatic carbocycles. The van der Waals surface area contributed by atoms with Crippen LogP contribution in [-0.4, -0.2) is 6.10 Å². The van der Waals surface area contributed by atoms with E-state index in [4.69, 9.17) is 18.0 Å². The van der Waals surface area contributed by atoms with Gasteiger partial charge in [0.2, 0.25) is 0 Å². The Hall–Kier alpha value is -7.56. The van der Waals surface area contributed by atoms with E-state index in [9.17, 15) is 0 Å². The van der Waals surface area contributed by atoms with Crippen molar-refractivity contribution in [3.63, 3.8) is 0 Å². The van der Waals surface area contributed by atoms with Crippen LogP contribution in [0.5, 0.6) is 5.75 Å². The molecule has 0 fully saturated rings. The van der Waals surface area contributed by atoms with Gasteiger partial charge in [-0.05, 0) is 99.1 Å². The molecule has 0 radical (unpaired) electrons. The molecule has 0 saturated heterocycles. The highest BCUT2D eigenvalue weighted by atomic mass is 16.5. The average Bonchev–Trinajstić information content (AvgIpc) is 4.03. The average molecular weight is 745 g/mol. The van der Waals surface area contributed by atoms with Crippen LogP contribution in [0.2, 0.25) is 0 Å². The minimum atomic E-state index is -0.0423. The lowest BCUT2D eigenvalue weighted by molar-refractivity contribution is 0.269. The first kappa shape index (κ1) is 31.6. The van der Waals surface area contributed by atoms with Crippen LogP contribution in [0.1, 0.15) is 17.0 Å². The summed E-state index contributed by atoms with van der Waals surface area (Å²) < 4.78 is 25.5. The maximum atomic E-state index is 6.49. The molecule has 0 N–H and O–H groups in total. The summed E-state index contributed by atoms with van der Waals surface area (Å²) >= 11 is 0. The molecule has 3 aromatic heterocycles. The highest BCUT2D eigenvalue weighted by Crippen LogP contribution is 2.47. The summed E-state index contributed by atoms with van der Waals surface area (Å²) in [7, 11) is 0. The van der Waals surface area contributed by atoms with Crippen molar-refractivity contribution < 1.29 is 18.0 Å². The molecule has 2 unspecified atom stereocenters. The molecule has 0 bridgehead atoms. The number of allylic oxidation sites excluding steroid dienone is 2. The van der Waals surface area contributed by atoms with Gasteiger partial charge in [0.25, 0.3) is 0 Å². The number of hydrogen-bond donors (Lipinski definition) is 0. The van der Waals surface area contributed by atoms with Crippen molar-refractivity contribution in [1.82, 2.24) is 0 Å². The quantitative estimate of drug-likeness (QED) is 0.180. The first-order valence-corrected chi connectivity index (χ1v) is 19.8. The van der Waals surface area contributed by atoms with E-state index in [0.717, 1.165) is 82.7 Å². The molecular weight excluding hydrogens is 713 g/mol. The summed E-state index contributed by atoms with van der Waals surface area (Å²) in [5.41, 5.74) is 15.7. The van der Waals surface area contributed by atoms with Gasteiger partial charge in [-0.1, -0.05) is 115 Å². The fourth-order valence-corrected chi connectivity index (χ4v) is 9.27. The molecule has 4 heterocycles. The Balaban J connectivity index is 0.831. The molecule has 2 atom stereocenters. The Bertz CT molecular complexity index is 3520. The standard InChI is InChI=1S/C54H32O4/c1-3-7-31(8-4-1)35-15-19-47-39(23-35)43-27-45-41-25-37(17-21-49(41)57-53(45)29-51(43)55-47)33-11-13-34(14-12-33)38-18-22-50-42(26-38)46-28-44-40-24-36(32-9-5-2-6-10-32)16-20-48(40)56-52(44)30-54(46)58-50/h1-30,41,49H. The summed E-state index contributed by atoms with van der Waals surface area (Å²) in [5.74, 6) is 1.00. The minimum Gasteiger partial charge on any atom is -0.485 e. The van der Waals surface area contributed by atoms with Gasteiger partial charge in [0.05, 0.1) is 0 Å². The SMILES string of the molecule is C1=CC2Oc3cc4oc5ccc(-c6ccccc6)cc5c4cc3C2C=C1c1ccc(-c2ccc3oc4cc5oc6ccc(-c7ccccc7)cc6c5cc4c3c2)cc1. The van der Waals surface area contributed by atoms with Crippen molar-refractivity contribution in [2.45, 2.75) is 12.0 Å². The maximum absolute atomic E-state index is 6.49. The fourth-order valence-electron chi connectivity index (χ4n) is 9.27. The predicted octanol–water partition coefficient (Wildman–Crippen LogP) is 14.9. The largest absolute Gasteiger partial charge is 0.485 e. The van der Waals surface area contributed by atoms with Crippen molar-refractivity contribution >= 4 is 71.4 Å². The smallest absolute Gasteiger partial charge is 0.139 e. The summed E-state index contributed by atoms with van der Waals surface area (Å²) in [4.78, 5) is 0. The van der Waals surface area contributed by atoms with E-state index in [2.05, 4.69) is 164 Å². The van der Waals surface area contributed by atoms with Crippen LogP contribution < -0.4 is 4.74 Å². The maximum Gasteiger partial charge on any atom is 0.139 e. The highest BCUT2D eigenvalue weighted by Gasteiger charge is 2.34. The third-order valence-corrected chi connectivity index (χ3v) is 12.2. The zero-order chi connectivity index (χ0) is 37.9. The monoisotopic (exact) mass is 744 g/mol. The molecule has 2 aliphatic rings. The zero-order valence-electron chi connectivity index (χ0n) is 31.1. The van der Waals surface area contributed by atoms with Crippen LogP contribution in [0, 0.1) is 0 Å². The Morgan fingerprint density at radius 2 is 0.793 bits per heavy atom. The lowest BCUT2D eigenvalue weighted by atomic mass is 9.86. The number of benzene rings is 8. The van der Waals surface area contributed by atoms with E-state index >= 15 is 0 Å². The van der Waals surface area contributed by atoms with Gasteiger partial charge in [-0.2, -0.15) is 0 Å². The molecule has 1 aliphatic heterocycles. The molecule has 58 heavy (non-hydrogen) atoms. The van der Waals surface area contributed by atoms with E-state index in [0.29, 0.717) is 0 Å². The molecule has 0 amide bonds. The van der Waals surface area contributed by atoms with Gasteiger partial charge >= 0.3 is 0 Å². The Labute approximate surface area is 332 Å². The van der Waals surface area contributed by atoms with Crippen LogP contribution in [0.25, 0.3) is 105 Å². The van der Waals surface area contributed by atoms with Gasteiger partial charge < -0.3 is 18.0 Å². The lowest BCUT2D eigenvalue weighted by Gasteiger charge is -2.19. The van der Waals surface area contributed by atoms with Gasteiger partial charge in [-0.15, -0.1) is 0 Å². The first-order valence-electron chi connectivity index (χ1n) is 19.8. The van der Waals surface area contributed by atoms with E-state index < -0.39 is 0 Å². The summed E-state index contributed by atoms with van der Waals surface area (Å²) in [5, 5.41) is 6.60. The van der Waals surface area contributed by atoms with Crippen molar-refractivity contribution in [3.05, 3.63) is 193 Å². The van der Waals surface area contributed by atoms with Gasteiger partial charge in [-0.3, -0.25) is 0 Å². The van der Waals surface area contributed by atoms with E-state index in [1.165, 1.54) is 39.0 Å². The van der Waals surface area contributed by atoms with Gasteiger partial charge in [0, 0.05) is 55.9 Å². The summed E-state index contributed by atoms with van der Waals surface area (Å²) in [6, 6.07) is 57.8. The van der Waals surface area contributed by atoms with Crippen molar-refractivity contribution in [2.75, 3.05) is 0 Å². The fraction of sp³-hybridized carbons (Fsp3) is 0.0370.